The van der Waals surface area contributed by atoms with Crippen molar-refractivity contribution in [2.24, 2.45) is 5.92 Å². The molecule has 5 heteroatoms. The Morgan fingerprint density at radius 2 is 2.41 bits per heavy atom. The molecule has 1 aliphatic heterocycles. The Morgan fingerprint density at radius 3 is 3.00 bits per heavy atom. The second-order valence-corrected chi connectivity index (χ2v) is 4.84. The van der Waals surface area contributed by atoms with Gasteiger partial charge in [0.05, 0.1) is 18.8 Å². The molecule has 0 amide bonds. The SMILES string of the molecule is O=C(O)c1ccc(OCC2CCOC2)cc1Br. The summed E-state index contributed by atoms with van der Waals surface area (Å²) in [5, 5.41) is 8.87. The van der Waals surface area contributed by atoms with E-state index in [0.29, 0.717) is 22.7 Å². The van der Waals surface area contributed by atoms with E-state index in [1.807, 2.05) is 0 Å². The Kier molecular flexibility index (Phi) is 4.02. The molecule has 92 valence electrons. The first-order chi connectivity index (χ1) is 8.16. The highest BCUT2D eigenvalue weighted by molar-refractivity contribution is 9.10. The van der Waals surface area contributed by atoms with Crippen LogP contribution in [0.15, 0.2) is 22.7 Å². The third-order valence-corrected chi connectivity index (χ3v) is 3.34. The van der Waals surface area contributed by atoms with Gasteiger partial charge in [-0.25, -0.2) is 4.79 Å². The van der Waals surface area contributed by atoms with E-state index >= 15 is 0 Å². The van der Waals surface area contributed by atoms with Crippen LogP contribution in [0.3, 0.4) is 0 Å². The minimum atomic E-state index is -0.951. The molecule has 1 unspecified atom stereocenters. The minimum absolute atomic E-state index is 0.238. The maximum absolute atomic E-state index is 10.8. The van der Waals surface area contributed by atoms with Crippen LogP contribution in [0.1, 0.15) is 16.8 Å². The van der Waals surface area contributed by atoms with Gasteiger partial charge in [-0.3, -0.25) is 0 Å². The van der Waals surface area contributed by atoms with Crippen molar-refractivity contribution in [3.05, 3.63) is 28.2 Å². The number of aromatic carboxylic acids is 1. The first-order valence-corrected chi connectivity index (χ1v) is 6.19. The molecule has 0 spiro atoms. The van der Waals surface area contributed by atoms with Crippen LogP contribution in [-0.2, 0) is 4.74 Å². The molecule has 4 nitrogen and oxygen atoms in total. The van der Waals surface area contributed by atoms with E-state index in [1.54, 1.807) is 12.1 Å². The Hall–Kier alpha value is -1.07. The molecular formula is C12H13BrO4. The summed E-state index contributed by atoms with van der Waals surface area (Å²) in [5.41, 5.74) is 0.238. The van der Waals surface area contributed by atoms with Crippen LogP contribution in [0.5, 0.6) is 5.75 Å². The van der Waals surface area contributed by atoms with Gasteiger partial charge in [-0.2, -0.15) is 0 Å². The summed E-state index contributed by atoms with van der Waals surface area (Å²) in [7, 11) is 0. The number of halogens is 1. The van der Waals surface area contributed by atoms with Crippen molar-refractivity contribution >= 4 is 21.9 Å². The highest BCUT2D eigenvalue weighted by Gasteiger charge is 2.16. The van der Waals surface area contributed by atoms with Gasteiger partial charge in [0.15, 0.2) is 0 Å². The van der Waals surface area contributed by atoms with Gasteiger partial charge < -0.3 is 14.6 Å². The largest absolute Gasteiger partial charge is 0.493 e. The van der Waals surface area contributed by atoms with E-state index in [2.05, 4.69) is 15.9 Å². The van der Waals surface area contributed by atoms with Gasteiger partial charge in [-0.15, -0.1) is 0 Å². The first-order valence-electron chi connectivity index (χ1n) is 5.40. The second-order valence-electron chi connectivity index (χ2n) is 3.99. The number of rotatable bonds is 4. The van der Waals surface area contributed by atoms with Crippen molar-refractivity contribution in [1.82, 2.24) is 0 Å². The van der Waals surface area contributed by atoms with E-state index < -0.39 is 5.97 Å². The van der Waals surface area contributed by atoms with Gasteiger partial charge in [-0.05, 0) is 40.5 Å². The Balaban J connectivity index is 1.97. The van der Waals surface area contributed by atoms with E-state index in [9.17, 15) is 4.79 Å². The highest BCUT2D eigenvalue weighted by atomic mass is 79.9. The fraction of sp³-hybridized carbons (Fsp3) is 0.417. The molecule has 2 rings (SSSR count). The molecule has 0 saturated carbocycles. The van der Waals surface area contributed by atoms with Crippen molar-refractivity contribution in [1.29, 1.82) is 0 Å². The number of benzene rings is 1. The predicted octanol–water partition coefficient (Wildman–Crippen LogP) is 2.56. The number of carbonyl (C=O) groups is 1. The van der Waals surface area contributed by atoms with Crippen LogP contribution >= 0.6 is 15.9 Å². The highest BCUT2D eigenvalue weighted by Crippen LogP contribution is 2.24. The summed E-state index contributed by atoms with van der Waals surface area (Å²) in [6.45, 7) is 2.16. The number of ether oxygens (including phenoxy) is 2. The van der Waals surface area contributed by atoms with Crippen molar-refractivity contribution in [3.63, 3.8) is 0 Å². The van der Waals surface area contributed by atoms with Gasteiger partial charge >= 0.3 is 5.97 Å². The molecule has 0 radical (unpaired) electrons. The monoisotopic (exact) mass is 300 g/mol. The molecule has 1 N–H and O–H groups in total. The zero-order valence-electron chi connectivity index (χ0n) is 9.19. The first kappa shape index (κ1) is 12.4. The number of hydrogen-bond acceptors (Lipinski definition) is 3. The standard InChI is InChI=1S/C12H13BrO4/c13-11-5-9(1-2-10(11)12(14)15)17-7-8-3-4-16-6-8/h1-2,5,8H,3-4,6-7H2,(H,14,15). The summed E-state index contributed by atoms with van der Waals surface area (Å²) >= 11 is 3.22. The van der Waals surface area contributed by atoms with Gasteiger partial charge in [0, 0.05) is 17.0 Å². The second kappa shape index (κ2) is 5.51. The zero-order valence-corrected chi connectivity index (χ0v) is 10.8. The molecule has 0 bridgehead atoms. The topological polar surface area (TPSA) is 55.8 Å². The van der Waals surface area contributed by atoms with Gasteiger partial charge in [0.2, 0.25) is 0 Å². The number of carboxylic acid groups (broad SMARTS) is 1. The van der Waals surface area contributed by atoms with Crippen molar-refractivity contribution < 1.29 is 19.4 Å². The Bertz CT molecular complexity index is 413. The molecule has 17 heavy (non-hydrogen) atoms. The van der Waals surface area contributed by atoms with Crippen molar-refractivity contribution in [3.8, 4) is 5.75 Å². The van der Waals surface area contributed by atoms with Crippen LogP contribution in [0.2, 0.25) is 0 Å². The smallest absolute Gasteiger partial charge is 0.336 e. The molecular weight excluding hydrogens is 288 g/mol. The summed E-state index contributed by atoms with van der Waals surface area (Å²) in [5.74, 6) is 0.161. The molecule has 1 aromatic carbocycles. The quantitative estimate of drug-likeness (QED) is 0.928. The van der Waals surface area contributed by atoms with E-state index in [1.165, 1.54) is 6.07 Å². The maximum atomic E-state index is 10.8. The average molecular weight is 301 g/mol. The lowest BCUT2D eigenvalue weighted by Gasteiger charge is -2.11. The third kappa shape index (κ3) is 3.20. The summed E-state index contributed by atoms with van der Waals surface area (Å²) < 4.78 is 11.4. The normalized spacial score (nSPS) is 19.2. The van der Waals surface area contributed by atoms with Crippen molar-refractivity contribution in [2.45, 2.75) is 6.42 Å². The number of hydrogen-bond donors (Lipinski definition) is 1. The van der Waals surface area contributed by atoms with Gasteiger partial charge in [0.25, 0.3) is 0 Å². The van der Waals surface area contributed by atoms with Crippen LogP contribution in [0.25, 0.3) is 0 Å². The Labute approximate surface area is 108 Å². The Morgan fingerprint density at radius 1 is 1.59 bits per heavy atom. The van der Waals surface area contributed by atoms with E-state index in [0.717, 1.165) is 19.6 Å². The summed E-state index contributed by atoms with van der Waals surface area (Å²) in [6.07, 6.45) is 1.02. The summed E-state index contributed by atoms with van der Waals surface area (Å²) in [6, 6.07) is 4.89. The zero-order chi connectivity index (χ0) is 12.3. The van der Waals surface area contributed by atoms with Crippen LogP contribution in [-0.4, -0.2) is 30.9 Å². The molecule has 1 fully saturated rings. The minimum Gasteiger partial charge on any atom is -0.493 e. The predicted molar refractivity (Wildman–Crippen MR) is 65.5 cm³/mol. The van der Waals surface area contributed by atoms with Crippen molar-refractivity contribution in [2.75, 3.05) is 19.8 Å². The average Bonchev–Trinajstić information content (AvgIpc) is 2.78. The fourth-order valence-corrected chi connectivity index (χ4v) is 2.22. The maximum Gasteiger partial charge on any atom is 0.336 e. The molecule has 0 aromatic heterocycles. The van der Waals surface area contributed by atoms with Crippen LogP contribution in [0.4, 0.5) is 0 Å². The van der Waals surface area contributed by atoms with Gasteiger partial charge in [-0.1, -0.05) is 0 Å². The lowest BCUT2D eigenvalue weighted by molar-refractivity contribution is 0.0696. The van der Waals surface area contributed by atoms with Gasteiger partial charge in [0.1, 0.15) is 5.75 Å². The molecule has 1 aromatic rings. The van der Waals surface area contributed by atoms with E-state index in [-0.39, 0.29) is 5.56 Å². The molecule has 1 saturated heterocycles. The lowest BCUT2D eigenvalue weighted by Crippen LogP contribution is -2.11. The molecule has 1 heterocycles. The van der Waals surface area contributed by atoms with E-state index in [4.69, 9.17) is 14.6 Å². The molecule has 0 aliphatic carbocycles. The van der Waals surface area contributed by atoms with Crippen LogP contribution in [0, 0.1) is 5.92 Å². The summed E-state index contributed by atoms with van der Waals surface area (Å²) in [4.78, 5) is 10.8. The third-order valence-electron chi connectivity index (χ3n) is 2.68. The number of carboxylic acids is 1. The van der Waals surface area contributed by atoms with Crippen LogP contribution < -0.4 is 4.74 Å². The lowest BCUT2D eigenvalue weighted by atomic mass is 10.1. The molecule has 1 aliphatic rings. The fourth-order valence-electron chi connectivity index (χ4n) is 1.69. The molecule has 1 atom stereocenters.